The van der Waals surface area contributed by atoms with E-state index in [1.807, 2.05) is 43.3 Å². The van der Waals surface area contributed by atoms with Crippen molar-refractivity contribution in [1.82, 2.24) is 0 Å². The highest BCUT2D eigenvalue weighted by Gasteiger charge is 2.11. The second kappa shape index (κ2) is 8.11. The van der Waals surface area contributed by atoms with Gasteiger partial charge in [0.05, 0.1) is 13.6 Å². The molecule has 2 aromatic rings. The molecular weight excluding hydrogens is 340 g/mol. The van der Waals surface area contributed by atoms with Gasteiger partial charge in [-0.1, -0.05) is 46.3 Å². The van der Waals surface area contributed by atoms with Gasteiger partial charge in [0, 0.05) is 16.6 Å². The highest BCUT2D eigenvalue weighted by Crippen LogP contribution is 2.19. The third-order valence-corrected chi connectivity index (χ3v) is 4.10. The van der Waals surface area contributed by atoms with Crippen LogP contribution in [0.15, 0.2) is 53.0 Å². The average molecular weight is 362 g/mol. The summed E-state index contributed by atoms with van der Waals surface area (Å²) < 4.78 is 1.02. The largest absolute Gasteiger partial charge is 0.329 e. The average Bonchev–Trinajstić information content (AvgIpc) is 2.49. The summed E-state index contributed by atoms with van der Waals surface area (Å²) in [5, 5.41) is 2.99. The summed E-state index contributed by atoms with van der Waals surface area (Å²) in [5.74, 6) is 0.0518. The molecule has 0 saturated carbocycles. The Morgan fingerprint density at radius 2 is 1.91 bits per heavy atom. The number of likely N-dealkylation sites (N-methyl/N-ethyl adjacent to an activating group) is 1. The molecule has 1 atom stereocenters. The van der Waals surface area contributed by atoms with Crippen LogP contribution in [0.4, 0.5) is 5.69 Å². The van der Waals surface area contributed by atoms with Crippen molar-refractivity contribution in [2.75, 3.05) is 25.5 Å². The molecule has 0 aliphatic heterocycles. The predicted octanol–water partition coefficient (Wildman–Crippen LogP) is 2.45. The zero-order valence-electron chi connectivity index (χ0n) is 13.0. The smallest absolute Gasteiger partial charge is 0.279 e. The lowest BCUT2D eigenvalue weighted by Gasteiger charge is -2.14. The molecule has 2 N–H and O–H groups in total. The number of carbonyl (C=O) groups excluding carboxylic acids is 1. The van der Waals surface area contributed by atoms with Crippen LogP contribution in [-0.2, 0) is 11.2 Å². The van der Waals surface area contributed by atoms with Gasteiger partial charge in [-0.05, 0) is 36.2 Å². The van der Waals surface area contributed by atoms with E-state index in [0.717, 1.165) is 28.7 Å². The second-order valence-electron chi connectivity index (χ2n) is 5.63. The summed E-state index contributed by atoms with van der Waals surface area (Å²) in [5.41, 5.74) is 3.25. The Labute approximate surface area is 140 Å². The van der Waals surface area contributed by atoms with Gasteiger partial charge in [0.25, 0.3) is 5.91 Å². The lowest BCUT2D eigenvalue weighted by molar-refractivity contribution is -0.870. The molecule has 0 aliphatic rings. The molecule has 1 amide bonds. The first-order chi connectivity index (χ1) is 10.5. The lowest BCUT2D eigenvalue weighted by Crippen LogP contribution is -3.10. The minimum atomic E-state index is 0.0518. The zero-order valence-corrected chi connectivity index (χ0v) is 14.6. The number of anilines is 1. The van der Waals surface area contributed by atoms with Crippen molar-refractivity contribution in [1.29, 1.82) is 0 Å². The summed E-state index contributed by atoms with van der Waals surface area (Å²) in [4.78, 5) is 13.3. The molecule has 0 aromatic heterocycles. The van der Waals surface area contributed by atoms with E-state index in [1.165, 1.54) is 10.5 Å². The molecule has 0 bridgehead atoms. The Morgan fingerprint density at radius 1 is 1.18 bits per heavy atom. The Balaban J connectivity index is 1.81. The van der Waals surface area contributed by atoms with Crippen molar-refractivity contribution in [3.63, 3.8) is 0 Å². The van der Waals surface area contributed by atoms with Gasteiger partial charge in [0.15, 0.2) is 6.54 Å². The van der Waals surface area contributed by atoms with Crippen LogP contribution in [0.3, 0.4) is 0 Å². The standard InChI is InChI=1S/C18H21BrN2O/c1-14-12-16(19)8-9-17(14)20-18(22)13-21(2)11-10-15-6-4-3-5-7-15/h3-9,12H,10-11,13H2,1-2H3,(H,20,22)/p+1. The molecule has 0 spiro atoms. The molecule has 1 unspecified atom stereocenters. The highest BCUT2D eigenvalue weighted by atomic mass is 79.9. The van der Waals surface area contributed by atoms with Gasteiger partial charge >= 0.3 is 0 Å². The van der Waals surface area contributed by atoms with Crippen LogP contribution in [0.5, 0.6) is 0 Å². The number of aryl methyl sites for hydroxylation is 1. The first-order valence-corrected chi connectivity index (χ1v) is 8.25. The summed E-state index contributed by atoms with van der Waals surface area (Å²) in [6.45, 7) is 3.41. The summed E-state index contributed by atoms with van der Waals surface area (Å²) in [6, 6.07) is 16.2. The Morgan fingerprint density at radius 3 is 2.59 bits per heavy atom. The lowest BCUT2D eigenvalue weighted by atomic mass is 10.1. The fourth-order valence-electron chi connectivity index (χ4n) is 2.33. The van der Waals surface area contributed by atoms with Crippen LogP contribution >= 0.6 is 15.9 Å². The van der Waals surface area contributed by atoms with Crippen LogP contribution in [0, 0.1) is 6.92 Å². The normalized spacial score (nSPS) is 12.0. The first kappa shape index (κ1) is 16.7. The number of rotatable bonds is 6. The quantitative estimate of drug-likeness (QED) is 0.813. The van der Waals surface area contributed by atoms with Gasteiger partial charge in [0.2, 0.25) is 0 Å². The highest BCUT2D eigenvalue weighted by molar-refractivity contribution is 9.10. The maximum atomic E-state index is 12.1. The Kier molecular flexibility index (Phi) is 6.16. The predicted molar refractivity (Wildman–Crippen MR) is 94.3 cm³/mol. The van der Waals surface area contributed by atoms with Crippen molar-refractivity contribution >= 4 is 27.5 Å². The number of hydrogen-bond acceptors (Lipinski definition) is 1. The van der Waals surface area contributed by atoms with Crippen LogP contribution < -0.4 is 10.2 Å². The molecule has 0 fully saturated rings. The van der Waals surface area contributed by atoms with Gasteiger partial charge in [-0.15, -0.1) is 0 Å². The van der Waals surface area contributed by atoms with E-state index in [0.29, 0.717) is 6.54 Å². The topological polar surface area (TPSA) is 33.5 Å². The molecule has 0 heterocycles. The molecule has 3 nitrogen and oxygen atoms in total. The monoisotopic (exact) mass is 361 g/mol. The second-order valence-corrected chi connectivity index (χ2v) is 6.54. The van der Waals surface area contributed by atoms with Gasteiger partial charge in [0.1, 0.15) is 0 Å². The third-order valence-electron chi connectivity index (χ3n) is 3.61. The van der Waals surface area contributed by atoms with Crippen LogP contribution in [-0.4, -0.2) is 26.0 Å². The van der Waals surface area contributed by atoms with Gasteiger partial charge in [-0.25, -0.2) is 0 Å². The maximum absolute atomic E-state index is 12.1. The van der Waals surface area contributed by atoms with Gasteiger partial charge < -0.3 is 10.2 Å². The Bertz CT molecular complexity index is 628. The van der Waals surface area contributed by atoms with Crippen LogP contribution in [0.25, 0.3) is 0 Å². The molecule has 4 heteroatoms. The SMILES string of the molecule is Cc1cc(Br)ccc1NC(=O)C[NH+](C)CCc1ccccc1. The maximum Gasteiger partial charge on any atom is 0.279 e. The molecule has 2 rings (SSSR count). The summed E-state index contributed by atoms with van der Waals surface area (Å²) >= 11 is 3.43. The van der Waals surface area contributed by atoms with E-state index in [9.17, 15) is 4.79 Å². The van der Waals surface area contributed by atoms with Crippen molar-refractivity contribution < 1.29 is 9.69 Å². The molecule has 2 aromatic carbocycles. The number of benzene rings is 2. The van der Waals surface area contributed by atoms with E-state index in [2.05, 4.69) is 40.4 Å². The number of nitrogens with one attached hydrogen (secondary N) is 2. The minimum Gasteiger partial charge on any atom is -0.329 e. The fraction of sp³-hybridized carbons (Fsp3) is 0.278. The van der Waals surface area contributed by atoms with E-state index >= 15 is 0 Å². The fourth-order valence-corrected chi connectivity index (χ4v) is 2.80. The number of carbonyl (C=O) groups is 1. The summed E-state index contributed by atoms with van der Waals surface area (Å²) in [6.07, 6.45) is 0.983. The van der Waals surface area contributed by atoms with Crippen molar-refractivity contribution in [3.05, 3.63) is 64.1 Å². The number of hydrogen-bond donors (Lipinski definition) is 2. The van der Waals surface area contributed by atoms with Gasteiger partial charge in [-0.2, -0.15) is 0 Å². The van der Waals surface area contributed by atoms with Crippen molar-refractivity contribution in [2.45, 2.75) is 13.3 Å². The van der Waals surface area contributed by atoms with Crippen molar-refractivity contribution in [3.8, 4) is 0 Å². The van der Waals surface area contributed by atoms with Crippen LogP contribution in [0.2, 0.25) is 0 Å². The van der Waals surface area contributed by atoms with E-state index < -0.39 is 0 Å². The number of amides is 1. The summed E-state index contributed by atoms with van der Waals surface area (Å²) in [7, 11) is 2.05. The number of halogens is 1. The molecule has 116 valence electrons. The van der Waals surface area contributed by atoms with Crippen LogP contribution in [0.1, 0.15) is 11.1 Å². The van der Waals surface area contributed by atoms with E-state index in [1.54, 1.807) is 0 Å². The van der Waals surface area contributed by atoms with E-state index in [-0.39, 0.29) is 5.91 Å². The van der Waals surface area contributed by atoms with E-state index in [4.69, 9.17) is 0 Å². The Hall–Kier alpha value is -1.65. The molecule has 0 radical (unpaired) electrons. The molecule has 0 saturated heterocycles. The molecule has 22 heavy (non-hydrogen) atoms. The zero-order chi connectivity index (χ0) is 15.9. The van der Waals surface area contributed by atoms with Gasteiger partial charge in [-0.3, -0.25) is 4.79 Å². The molecular formula is C18H22BrN2O+. The van der Waals surface area contributed by atoms with Crippen molar-refractivity contribution in [2.24, 2.45) is 0 Å². The first-order valence-electron chi connectivity index (χ1n) is 7.46. The number of quaternary nitrogens is 1. The molecule has 0 aliphatic carbocycles. The minimum absolute atomic E-state index is 0.0518. The third kappa shape index (κ3) is 5.28.